The van der Waals surface area contributed by atoms with Crippen LogP contribution in [0.15, 0.2) is 0 Å². The lowest BCUT2D eigenvalue weighted by molar-refractivity contribution is -0.000000928. The summed E-state index contributed by atoms with van der Waals surface area (Å²) in [5.74, 6) is 1.78. The Balaban J connectivity index is 0. The number of rotatable bonds is 2. The predicted molar refractivity (Wildman–Crippen MR) is 30.4 cm³/mol. The zero-order valence-electron chi connectivity index (χ0n) is 3.38. The van der Waals surface area contributed by atoms with Crippen molar-refractivity contribution in [2.24, 2.45) is 0 Å². The van der Waals surface area contributed by atoms with Crippen molar-refractivity contribution in [1.82, 2.24) is 0 Å². The van der Waals surface area contributed by atoms with Gasteiger partial charge < -0.3 is 12.4 Å². The SMILES string of the molecule is [Cl-].[SH2+]CCCCl. The van der Waals surface area contributed by atoms with Gasteiger partial charge in [-0.1, -0.05) is 0 Å². The molecule has 0 atom stereocenters. The van der Waals surface area contributed by atoms with E-state index in [1.165, 1.54) is 0 Å². The third-order valence-electron chi connectivity index (χ3n) is 0.310. The molecule has 40 valence electrons. The molecule has 0 saturated heterocycles. The van der Waals surface area contributed by atoms with Gasteiger partial charge in [-0.25, -0.2) is 0 Å². The topological polar surface area (TPSA) is 0 Å². The van der Waals surface area contributed by atoms with Crippen LogP contribution >= 0.6 is 11.6 Å². The smallest absolute Gasteiger partial charge is 0.104 e. The lowest BCUT2D eigenvalue weighted by Gasteiger charge is -1.71. The van der Waals surface area contributed by atoms with Crippen LogP contribution in [0, 0.1) is 0 Å². The van der Waals surface area contributed by atoms with E-state index < -0.39 is 0 Å². The first-order valence-corrected chi connectivity index (χ1v) is 2.86. The summed E-state index contributed by atoms with van der Waals surface area (Å²) in [6.07, 6.45) is 1.07. The molecule has 0 aromatic heterocycles. The molecule has 0 unspecified atom stereocenters. The minimum Gasteiger partial charge on any atom is -1.00 e. The molecule has 0 amide bonds. The van der Waals surface area contributed by atoms with Crippen molar-refractivity contribution in [3.8, 4) is 0 Å². The highest BCUT2D eigenvalue weighted by Gasteiger charge is 1.76. The van der Waals surface area contributed by atoms with Gasteiger partial charge in [-0.2, -0.15) is 0 Å². The maximum Gasteiger partial charge on any atom is 0.104 e. The van der Waals surface area contributed by atoms with Gasteiger partial charge in [-0.15, -0.1) is 11.6 Å². The maximum absolute atomic E-state index is 5.27. The molecule has 0 aromatic carbocycles. The Morgan fingerprint density at radius 2 is 2.00 bits per heavy atom. The molecule has 0 aromatic rings. The van der Waals surface area contributed by atoms with Crippen LogP contribution in [0.3, 0.4) is 0 Å². The third kappa shape index (κ3) is 8.87. The number of hydrogen-bond acceptors (Lipinski definition) is 0. The molecule has 0 spiro atoms. The zero-order valence-corrected chi connectivity index (χ0v) is 5.89. The van der Waals surface area contributed by atoms with Crippen molar-refractivity contribution in [3.63, 3.8) is 0 Å². The highest BCUT2D eigenvalue weighted by atomic mass is 35.5. The van der Waals surface area contributed by atoms with Gasteiger partial charge in [-0.05, 0) is 12.6 Å². The minimum atomic E-state index is 0. The zero-order chi connectivity index (χ0) is 4.12. The summed E-state index contributed by atoms with van der Waals surface area (Å²) in [4.78, 5) is 0. The average molecular weight is 147 g/mol. The van der Waals surface area contributed by atoms with E-state index >= 15 is 0 Å². The summed E-state index contributed by atoms with van der Waals surface area (Å²) >= 11 is 8.54. The quantitative estimate of drug-likeness (QED) is 0.302. The van der Waals surface area contributed by atoms with Crippen molar-refractivity contribution in [3.05, 3.63) is 0 Å². The van der Waals surface area contributed by atoms with Crippen molar-refractivity contribution in [1.29, 1.82) is 0 Å². The number of alkyl halides is 1. The Kier molecular flexibility index (Phi) is 15.6. The molecule has 0 rings (SSSR count). The number of halogens is 2. The van der Waals surface area contributed by atoms with Gasteiger partial charge in [0, 0.05) is 12.3 Å². The Hall–Kier alpha value is 0.930. The first kappa shape index (κ1) is 10.0. The van der Waals surface area contributed by atoms with Crippen LogP contribution in [-0.2, 0) is 12.6 Å². The highest BCUT2D eigenvalue weighted by Crippen LogP contribution is 1.78. The van der Waals surface area contributed by atoms with Crippen LogP contribution in [-0.4, -0.2) is 11.6 Å². The Labute approximate surface area is 55.1 Å². The molecular weight excluding hydrogens is 139 g/mol. The monoisotopic (exact) mass is 146 g/mol. The molecule has 6 heavy (non-hydrogen) atoms. The summed E-state index contributed by atoms with van der Waals surface area (Å²) in [5.41, 5.74) is 0. The van der Waals surface area contributed by atoms with Gasteiger partial charge in [0.15, 0.2) is 0 Å². The summed E-state index contributed by atoms with van der Waals surface area (Å²) in [5, 5.41) is 0. The molecule has 0 saturated carbocycles. The van der Waals surface area contributed by atoms with E-state index in [9.17, 15) is 0 Å². The summed E-state index contributed by atoms with van der Waals surface area (Å²) in [7, 11) is 0. The van der Waals surface area contributed by atoms with Crippen molar-refractivity contribution in [2.45, 2.75) is 6.42 Å². The predicted octanol–water partition coefficient (Wildman–Crippen LogP) is -2.37. The first-order chi connectivity index (χ1) is 2.41. The summed E-state index contributed by atoms with van der Waals surface area (Å²) in [6, 6.07) is 0. The van der Waals surface area contributed by atoms with E-state index in [0.717, 1.165) is 18.1 Å². The highest BCUT2D eigenvalue weighted by molar-refractivity contribution is 7.58. The molecule has 0 heterocycles. The van der Waals surface area contributed by atoms with Crippen LogP contribution < -0.4 is 12.4 Å². The average Bonchev–Trinajstić information content (AvgIpc) is 1.41. The van der Waals surface area contributed by atoms with Gasteiger partial charge in [0.25, 0.3) is 0 Å². The molecule has 0 fully saturated rings. The second kappa shape index (κ2) is 9.33. The van der Waals surface area contributed by atoms with E-state index in [1.54, 1.807) is 0 Å². The summed E-state index contributed by atoms with van der Waals surface area (Å²) < 4.78 is 0. The van der Waals surface area contributed by atoms with Crippen LogP contribution in [0.25, 0.3) is 0 Å². The van der Waals surface area contributed by atoms with Crippen molar-refractivity contribution >= 4 is 24.2 Å². The van der Waals surface area contributed by atoms with Crippen LogP contribution in [0.5, 0.6) is 0 Å². The Morgan fingerprint density at radius 3 is 2.00 bits per heavy atom. The van der Waals surface area contributed by atoms with Gasteiger partial charge in [0.05, 0.1) is 0 Å². The molecule has 0 nitrogen and oxygen atoms in total. The molecule has 0 bridgehead atoms. The van der Waals surface area contributed by atoms with E-state index in [0.29, 0.717) is 0 Å². The first-order valence-electron chi connectivity index (χ1n) is 1.62. The Morgan fingerprint density at radius 1 is 1.50 bits per heavy atom. The molecular formula is C3H8Cl2S. The van der Waals surface area contributed by atoms with E-state index in [4.69, 9.17) is 11.6 Å². The van der Waals surface area contributed by atoms with E-state index in [2.05, 4.69) is 12.6 Å². The van der Waals surface area contributed by atoms with E-state index in [-0.39, 0.29) is 12.4 Å². The van der Waals surface area contributed by atoms with Gasteiger partial charge in [-0.3, -0.25) is 0 Å². The molecule has 0 radical (unpaired) electrons. The molecule has 3 heteroatoms. The van der Waals surface area contributed by atoms with Crippen molar-refractivity contribution in [2.75, 3.05) is 11.6 Å². The maximum atomic E-state index is 5.27. The van der Waals surface area contributed by atoms with Gasteiger partial charge >= 0.3 is 0 Å². The fourth-order valence-corrected chi connectivity index (χ4v) is 0.601. The third-order valence-corrected chi connectivity index (χ3v) is 0.931. The lowest BCUT2D eigenvalue weighted by atomic mass is 10.6. The normalized spacial score (nSPS) is 7.00. The van der Waals surface area contributed by atoms with Gasteiger partial charge in [0.1, 0.15) is 5.75 Å². The molecule has 0 N–H and O–H groups in total. The minimum absolute atomic E-state index is 0. The molecule has 0 aliphatic carbocycles. The fourth-order valence-electron chi connectivity index (χ4n) is 0.0668. The van der Waals surface area contributed by atoms with E-state index in [1.807, 2.05) is 0 Å². The standard InChI is InChI=1S/C3H7ClS.ClH/c4-2-1-3-5;/h5H,1-3H2;1H. The van der Waals surface area contributed by atoms with Gasteiger partial charge in [0.2, 0.25) is 0 Å². The second-order valence-corrected chi connectivity index (χ2v) is 1.67. The van der Waals surface area contributed by atoms with Crippen LogP contribution in [0.4, 0.5) is 0 Å². The second-order valence-electron chi connectivity index (χ2n) is 0.793. The lowest BCUT2D eigenvalue weighted by Crippen LogP contribution is -3.00. The summed E-state index contributed by atoms with van der Waals surface area (Å²) in [6.45, 7) is 0. The molecule has 0 aliphatic heterocycles. The Bertz CT molecular complexity index is 16.3. The van der Waals surface area contributed by atoms with Crippen LogP contribution in [0.1, 0.15) is 6.42 Å². The van der Waals surface area contributed by atoms with Crippen LogP contribution in [0.2, 0.25) is 0 Å². The molecule has 0 aliphatic rings. The number of hydrogen-bond donors (Lipinski definition) is 0. The van der Waals surface area contributed by atoms with Crippen molar-refractivity contribution < 1.29 is 12.4 Å². The fraction of sp³-hybridized carbons (Fsp3) is 1.00. The largest absolute Gasteiger partial charge is 1.00 e.